The zero-order chi connectivity index (χ0) is 22.7. The van der Waals surface area contributed by atoms with E-state index in [1.54, 1.807) is 17.0 Å². The van der Waals surface area contributed by atoms with Crippen molar-refractivity contribution in [2.24, 2.45) is 0 Å². The molecule has 4 rings (SSSR count). The summed E-state index contributed by atoms with van der Waals surface area (Å²) in [5.41, 5.74) is 9.49. The van der Waals surface area contributed by atoms with Crippen molar-refractivity contribution in [2.45, 2.75) is 0 Å². The van der Waals surface area contributed by atoms with Gasteiger partial charge in [-0.2, -0.15) is 0 Å². The van der Waals surface area contributed by atoms with Gasteiger partial charge >= 0.3 is 0 Å². The summed E-state index contributed by atoms with van der Waals surface area (Å²) in [6.45, 7) is 2.68. The van der Waals surface area contributed by atoms with Gasteiger partial charge < -0.3 is 26.2 Å². The number of rotatable bonds is 6. The summed E-state index contributed by atoms with van der Waals surface area (Å²) >= 11 is 1.23. The van der Waals surface area contributed by atoms with Gasteiger partial charge in [0.05, 0.1) is 11.3 Å². The van der Waals surface area contributed by atoms with Crippen LogP contribution in [0.5, 0.6) is 0 Å². The van der Waals surface area contributed by atoms with E-state index >= 15 is 0 Å². The number of nitrogen functional groups attached to an aromatic ring is 1. The van der Waals surface area contributed by atoms with Crippen LogP contribution in [-0.2, 0) is 0 Å². The molecule has 1 aliphatic rings. The zero-order valence-electron chi connectivity index (χ0n) is 18.2. The SMILES string of the molecule is CN(C)c1ccc(Nc2sc(C(=O)c3ccccc3)c(N)c2C(=O)N2CCNCC2)cc1. The van der Waals surface area contributed by atoms with E-state index in [1.807, 2.05) is 61.5 Å². The Bertz CT molecular complexity index is 1100. The standard InChI is InChI=1S/C24H27N5O2S/c1-28(2)18-10-8-17(9-11-18)27-23-19(24(31)29-14-12-26-13-15-29)20(25)22(32-23)21(30)16-6-4-3-5-7-16/h3-11,26-27H,12-15,25H2,1-2H3. The van der Waals surface area contributed by atoms with Crippen molar-refractivity contribution in [1.82, 2.24) is 10.2 Å². The summed E-state index contributed by atoms with van der Waals surface area (Å²) in [6, 6.07) is 16.9. The molecule has 1 aromatic heterocycles. The highest BCUT2D eigenvalue weighted by Gasteiger charge is 2.29. The van der Waals surface area contributed by atoms with E-state index in [-0.39, 0.29) is 17.4 Å². The van der Waals surface area contributed by atoms with E-state index in [4.69, 9.17) is 5.73 Å². The second kappa shape index (κ2) is 9.42. The van der Waals surface area contributed by atoms with Crippen molar-refractivity contribution in [3.63, 3.8) is 0 Å². The third-order valence-electron chi connectivity index (χ3n) is 5.45. The Hall–Kier alpha value is -3.36. The molecule has 0 radical (unpaired) electrons. The number of hydrogen-bond donors (Lipinski definition) is 3. The lowest BCUT2D eigenvalue weighted by Gasteiger charge is -2.27. The summed E-state index contributed by atoms with van der Waals surface area (Å²) < 4.78 is 0. The molecule has 7 nitrogen and oxygen atoms in total. The van der Waals surface area contributed by atoms with E-state index in [1.165, 1.54) is 11.3 Å². The monoisotopic (exact) mass is 449 g/mol. The van der Waals surface area contributed by atoms with E-state index in [2.05, 4.69) is 10.6 Å². The fraction of sp³-hybridized carbons (Fsp3) is 0.250. The Kier molecular flexibility index (Phi) is 6.43. The van der Waals surface area contributed by atoms with Crippen LogP contribution in [0.1, 0.15) is 25.6 Å². The first-order chi connectivity index (χ1) is 15.5. The number of thiophene rings is 1. The Morgan fingerprint density at radius 3 is 2.31 bits per heavy atom. The van der Waals surface area contributed by atoms with Crippen LogP contribution in [0.2, 0.25) is 0 Å². The third-order valence-corrected chi connectivity index (χ3v) is 6.57. The molecule has 1 aliphatic heterocycles. The average molecular weight is 450 g/mol. The molecule has 1 fully saturated rings. The molecule has 4 N–H and O–H groups in total. The predicted octanol–water partition coefficient (Wildman–Crippen LogP) is 3.42. The first kappa shape index (κ1) is 21.9. The molecule has 0 aliphatic carbocycles. The van der Waals surface area contributed by atoms with Crippen molar-refractivity contribution in [3.05, 3.63) is 70.6 Å². The number of benzene rings is 2. The Morgan fingerprint density at radius 1 is 1.03 bits per heavy atom. The number of carbonyl (C=O) groups excluding carboxylic acids is 2. The molecule has 0 atom stereocenters. The van der Waals surface area contributed by atoms with Crippen LogP contribution in [0.3, 0.4) is 0 Å². The van der Waals surface area contributed by atoms with Gasteiger partial charge in [0, 0.05) is 57.2 Å². The van der Waals surface area contributed by atoms with E-state index in [0.29, 0.717) is 34.1 Å². The number of carbonyl (C=O) groups is 2. The van der Waals surface area contributed by atoms with E-state index in [9.17, 15) is 9.59 Å². The van der Waals surface area contributed by atoms with Crippen LogP contribution in [0, 0.1) is 0 Å². The van der Waals surface area contributed by atoms with Crippen molar-refractivity contribution in [1.29, 1.82) is 0 Å². The van der Waals surface area contributed by atoms with Crippen LogP contribution in [-0.4, -0.2) is 56.9 Å². The first-order valence-corrected chi connectivity index (χ1v) is 11.3. The number of nitrogens with one attached hydrogen (secondary N) is 2. The molecule has 2 heterocycles. The molecule has 0 bridgehead atoms. The summed E-state index contributed by atoms with van der Waals surface area (Å²) in [7, 11) is 3.96. The van der Waals surface area contributed by atoms with Crippen LogP contribution in [0.15, 0.2) is 54.6 Å². The number of anilines is 4. The summed E-state index contributed by atoms with van der Waals surface area (Å²) in [5, 5.41) is 7.17. The van der Waals surface area contributed by atoms with Crippen molar-refractivity contribution < 1.29 is 9.59 Å². The Labute approximate surface area is 191 Å². The first-order valence-electron chi connectivity index (χ1n) is 10.5. The molecule has 0 spiro atoms. The lowest BCUT2D eigenvalue weighted by Crippen LogP contribution is -2.46. The number of nitrogens with zero attached hydrogens (tertiary/aromatic N) is 2. The summed E-state index contributed by atoms with van der Waals surface area (Å²) in [6.07, 6.45) is 0. The van der Waals surface area contributed by atoms with Gasteiger partial charge in [-0.3, -0.25) is 9.59 Å². The van der Waals surface area contributed by atoms with Gasteiger partial charge in [0.1, 0.15) is 9.88 Å². The van der Waals surface area contributed by atoms with Gasteiger partial charge in [-0.15, -0.1) is 11.3 Å². The predicted molar refractivity (Wildman–Crippen MR) is 131 cm³/mol. The van der Waals surface area contributed by atoms with Gasteiger partial charge in [-0.05, 0) is 24.3 Å². The topological polar surface area (TPSA) is 90.7 Å². The smallest absolute Gasteiger partial charge is 0.259 e. The normalized spacial score (nSPS) is 13.6. The highest BCUT2D eigenvalue weighted by molar-refractivity contribution is 7.19. The van der Waals surface area contributed by atoms with Crippen LogP contribution in [0.4, 0.5) is 22.1 Å². The maximum Gasteiger partial charge on any atom is 0.259 e. The molecule has 1 saturated heterocycles. The number of nitrogens with two attached hydrogens (primary N) is 1. The van der Waals surface area contributed by atoms with Crippen molar-refractivity contribution in [3.8, 4) is 0 Å². The van der Waals surface area contributed by atoms with Crippen molar-refractivity contribution in [2.75, 3.05) is 56.2 Å². The summed E-state index contributed by atoms with van der Waals surface area (Å²) in [5.74, 6) is -0.335. The molecular formula is C24H27N5O2S. The molecule has 0 unspecified atom stereocenters. The van der Waals surface area contributed by atoms with Crippen LogP contribution >= 0.6 is 11.3 Å². The van der Waals surface area contributed by atoms with Crippen LogP contribution < -0.4 is 21.3 Å². The lowest BCUT2D eigenvalue weighted by atomic mass is 10.1. The maximum atomic E-state index is 13.4. The minimum Gasteiger partial charge on any atom is -0.397 e. The lowest BCUT2D eigenvalue weighted by molar-refractivity contribution is 0.0738. The van der Waals surface area contributed by atoms with Gasteiger partial charge in [-0.1, -0.05) is 30.3 Å². The molecular weight excluding hydrogens is 422 g/mol. The Morgan fingerprint density at radius 2 is 1.69 bits per heavy atom. The number of ketones is 1. The number of piperazine rings is 1. The third kappa shape index (κ3) is 4.46. The number of amides is 1. The largest absolute Gasteiger partial charge is 0.397 e. The van der Waals surface area contributed by atoms with E-state index < -0.39 is 0 Å². The molecule has 8 heteroatoms. The van der Waals surface area contributed by atoms with E-state index in [0.717, 1.165) is 24.5 Å². The van der Waals surface area contributed by atoms with Gasteiger partial charge in [0.25, 0.3) is 5.91 Å². The fourth-order valence-electron chi connectivity index (χ4n) is 3.63. The molecule has 0 saturated carbocycles. The summed E-state index contributed by atoms with van der Waals surface area (Å²) in [4.78, 5) is 30.8. The average Bonchev–Trinajstić information content (AvgIpc) is 3.15. The minimum absolute atomic E-state index is 0.153. The molecule has 2 aromatic carbocycles. The highest BCUT2D eigenvalue weighted by atomic mass is 32.1. The molecule has 32 heavy (non-hydrogen) atoms. The van der Waals surface area contributed by atoms with Gasteiger partial charge in [0.2, 0.25) is 5.78 Å². The van der Waals surface area contributed by atoms with Gasteiger partial charge in [-0.25, -0.2) is 0 Å². The highest BCUT2D eigenvalue weighted by Crippen LogP contribution is 2.39. The molecule has 1 amide bonds. The Balaban J connectivity index is 1.72. The van der Waals surface area contributed by atoms with Crippen LogP contribution in [0.25, 0.3) is 0 Å². The quantitative estimate of drug-likeness (QED) is 0.500. The molecule has 3 aromatic rings. The second-order valence-corrected chi connectivity index (χ2v) is 8.87. The van der Waals surface area contributed by atoms with Crippen molar-refractivity contribution >= 4 is 45.1 Å². The fourth-order valence-corrected chi connectivity index (χ4v) is 4.73. The molecule has 166 valence electrons. The zero-order valence-corrected chi connectivity index (χ0v) is 19.0. The number of hydrogen-bond acceptors (Lipinski definition) is 7. The minimum atomic E-state index is -0.182. The van der Waals surface area contributed by atoms with Gasteiger partial charge in [0.15, 0.2) is 0 Å². The second-order valence-electron chi connectivity index (χ2n) is 7.85. The maximum absolute atomic E-state index is 13.4.